The summed E-state index contributed by atoms with van der Waals surface area (Å²) in [6, 6.07) is 19.6. The van der Waals surface area contributed by atoms with Crippen LogP contribution in [0.1, 0.15) is 44.2 Å². The van der Waals surface area contributed by atoms with E-state index in [-0.39, 0.29) is 0 Å². The van der Waals surface area contributed by atoms with Crippen LogP contribution < -0.4 is 4.90 Å². The molecule has 1 aliphatic rings. The highest BCUT2D eigenvalue weighted by Gasteiger charge is 2.19. The Morgan fingerprint density at radius 2 is 1.59 bits per heavy atom. The summed E-state index contributed by atoms with van der Waals surface area (Å²) < 4.78 is 0. The minimum atomic E-state index is 0.809. The van der Waals surface area contributed by atoms with Gasteiger partial charge in [-0.3, -0.25) is 9.89 Å². The Morgan fingerprint density at radius 3 is 2.30 bits per heavy atom. The van der Waals surface area contributed by atoms with Gasteiger partial charge >= 0.3 is 0 Å². The standard InChI is InChI=1S/C24H33N3/c1-3-10-23(4-2)25-19-22-13-8-9-14-24(22)27-17-15-26(16-18-27)20-21-11-6-5-7-12-21/h5-9,11-14H,3-4,10,15-20H2,1-2H3/b25-23-. The lowest BCUT2D eigenvalue weighted by atomic mass is 10.1. The van der Waals surface area contributed by atoms with Gasteiger partial charge in [-0.15, -0.1) is 0 Å². The number of aliphatic imine (C=N–C) groups is 1. The SMILES string of the molecule is CCC/C(CC)=N\Cc1ccccc1N1CCN(Cc2ccccc2)CC1. The number of para-hydroxylation sites is 1. The second-order valence-corrected chi connectivity index (χ2v) is 7.36. The van der Waals surface area contributed by atoms with Gasteiger partial charge < -0.3 is 4.90 Å². The fourth-order valence-corrected chi connectivity index (χ4v) is 3.79. The van der Waals surface area contributed by atoms with Crippen LogP contribution in [-0.4, -0.2) is 36.8 Å². The van der Waals surface area contributed by atoms with Gasteiger partial charge in [-0.2, -0.15) is 0 Å². The first-order valence-corrected chi connectivity index (χ1v) is 10.4. The van der Waals surface area contributed by atoms with E-state index in [9.17, 15) is 0 Å². The largest absolute Gasteiger partial charge is 0.369 e. The number of hydrogen-bond acceptors (Lipinski definition) is 3. The first-order valence-electron chi connectivity index (χ1n) is 10.4. The van der Waals surface area contributed by atoms with E-state index in [0.29, 0.717) is 0 Å². The average molecular weight is 364 g/mol. The van der Waals surface area contributed by atoms with Gasteiger partial charge in [0.15, 0.2) is 0 Å². The number of piperazine rings is 1. The Morgan fingerprint density at radius 1 is 0.889 bits per heavy atom. The van der Waals surface area contributed by atoms with Crippen LogP contribution in [0.25, 0.3) is 0 Å². The molecule has 0 N–H and O–H groups in total. The zero-order valence-corrected chi connectivity index (χ0v) is 16.9. The van der Waals surface area contributed by atoms with E-state index in [0.717, 1.165) is 52.1 Å². The van der Waals surface area contributed by atoms with Crippen LogP contribution in [0.4, 0.5) is 5.69 Å². The van der Waals surface area contributed by atoms with Crippen LogP contribution in [0.15, 0.2) is 59.6 Å². The summed E-state index contributed by atoms with van der Waals surface area (Å²) in [7, 11) is 0. The van der Waals surface area contributed by atoms with Crippen molar-refractivity contribution in [3.8, 4) is 0 Å². The second kappa shape index (κ2) is 10.3. The molecule has 0 aliphatic carbocycles. The van der Waals surface area contributed by atoms with Gasteiger partial charge in [0.05, 0.1) is 6.54 Å². The predicted octanol–water partition coefficient (Wildman–Crippen LogP) is 5.16. The molecule has 0 radical (unpaired) electrons. The smallest absolute Gasteiger partial charge is 0.0659 e. The van der Waals surface area contributed by atoms with E-state index in [1.165, 1.54) is 28.9 Å². The lowest BCUT2D eigenvalue weighted by molar-refractivity contribution is 0.250. The van der Waals surface area contributed by atoms with E-state index in [4.69, 9.17) is 4.99 Å². The maximum absolute atomic E-state index is 4.91. The molecular formula is C24H33N3. The number of anilines is 1. The van der Waals surface area contributed by atoms with Crippen LogP contribution >= 0.6 is 0 Å². The van der Waals surface area contributed by atoms with Gasteiger partial charge in [0.2, 0.25) is 0 Å². The van der Waals surface area contributed by atoms with Crippen LogP contribution in [0.2, 0.25) is 0 Å². The van der Waals surface area contributed by atoms with Crippen molar-refractivity contribution in [2.75, 3.05) is 31.1 Å². The van der Waals surface area contributed by atoms with E-state index < -0.39 is 0 Å². The highest BCUT2D eigenvalue weighted by Crippen LogP contribution is 2.23. The fourth-order valence-electron chi connectivity index (χ4n) is 3.79. The molecule has 0 aromatic heterocycles. The molecule has 3 heteroatoms. The molecule has 1 heterocycles. The van der Waals surface area contributed by atoms with Gasteiger partial charge in [0.25, 0.3) is 0 Å². The number of benzene rings is 2. The minimum absolute atomic E-state index is 0.809. The van der Waals surface area contributed by atoms with E-state index in [1.807, 2.05) is 0 Å². The molecule has 1 fully saturated rings. The molecule has 0 saturated carbocycles. The second-order valence-electron chi connectivity index (χ2n) is 7.36. The maximum Gasteiger partial charge on any atom is 0.0659 e. The molecule has 1 saturated heterocycles. The van der Waals surface area contributed by atoms with E-state index >= 15 is 0 Å². The minimum Gasteiger partial charge on any atom is -0.369 e. The first-order chi connectivity index (χ1) is 13.3. The molecule has 3 nitrogen and oxygen atoms in total. The van der Waals surface area contributed by atoms with Crippen molar-refractivity contribution in [2.24, 2.45) is 4.99 Å². The molecule has 0 amide bonds. The number of nitrogens with zero attached hydrogens (tertiary/aromatic N) is 3. The van der Waals surface area contributed by atoms with E-state index in [2.05, 4.69) is 78.2 Å². The number of rotatable bonds is 8. The summed E-state index contributed by atoms with van der Waals surface area (Å²) in [6.07, 6.45) is 3.36. The normalized spacial score (nSPS) is 15.9. The van der Waals surface area contributed by atoms with Gasteiger partial charge in [0, 0.05) is 44.1 Å². The molecule has 2 aromatic carbocycles. The highest BCUT2D eigenvalue weighted by molar-refractivity contribution is 5.84. The van der Waals surface area contributed by atoms with Crippen LogP contribution in [0.5, 0.6) is 0 Å². The monoisotopic (exact) mass is 363 g/mol. The zero-order chi connectivity index (χ0) is 18.9. The fraction of sp³-hybridized carbons (Fsp3) is 0.458. The zero-order valence-electron chi connectivity index (χ0n) is 16.9. The molecular weight excluding hydrogens is 330 g/mol. The van der Waals surface area contributed by atoms with Crippen LogP contribution in [-0.2, 0) is 13.1 Å². The van der Waals surface area contributed by atoms with Crippen molar-refractivity contribution >= 4 is 11.4 Å². The van der Waals surface area contributed by atoms with Crippen LogP contribution in [0.3, 0.4) is 0 Å². The summed E-state index contributed by atoms with van der Waals surface area (Å²) in [4.78, 5) is 10.0. The Labute approximate surface area is 164 Å². The predicted molar refractivity (Wildman–Crippen MR) is 117 cm³/mol. The quantitative estimate of drug-likeness (QED) is 0.603. The molecule has 0 spiro atoms. The topological polar surface area (TPSA) is 18.8 Å². The molecule has 2 aromatic rings. The molecule has 27 heavy (non-hydrogen) atoms. The Bertz CT molecular complexity index is 715. The van der Waals surface area contributed by atoms with Crippen molar-refractivity contribution < 1.29 is 0 Å². The third-order valence-corrected chi connectivity index (χ3v) is 5.37. The van der Waals surface area contributed by atoms with Gasteiger partial charge in [-0.1, -0.05) is 68.8 Å². The molecule has 0 unspecified atom stereocenters. The van der Waals surface area contributed by atoms with E-state index in [1.54, 1.807) is 0 Å². The Hall–Kier alpha value is -2.13. The molecule has 144 valence electrons. The van der Waals surface area contributed by atoms with Crippen molar-refractivity contribution in [2.45, 2.75) is 46.2 Å². The number of hydrogen-bond donors (Lipinski definition) is 0. The summed E-state index contributed by atoms with van der Waals surface area (Å²) in [5.41, 5.74) is 5.48. The van der Waals surface area contributed by atoms with Gasteiger partial charge in [-0.25, -0.2) is 0 Å². The van der Waals surface area contributed by atoms with Gasteiger partial charge in [0.1, 0.15) is 0 Å². The lowest BCUT2D eigenvalue weighted by Crippen LogP contribution is -2.46. The third kappa shape index (κ3) is 5.67. The Kier molecular flexibility index (Phi) is 7.46. The van der Waals surface area contributed by atoms with Crippen LogP contribution in [0, 0.1) is 0 Å². The van der Waals surface area contributed by atoms with Crippen molar-refractivity contribution in [3.63, 3.8) is 0 Å². The summed E-state index contributed by atoms with van der Waals surface area (Å²) in [6.45, 7) is 10.7. The summed E-state index contributed by atoms with van der Waals surface area (Å²) >= 11 is 0. The molecule has 3 rings (SSSR count). The van der Waals surface area contributed by atoms with Gasteiger partial charge in [-0.05, 0) is 30.0 Å². The van der Waals surface area contributed by atoms with Crippen molar-refractivity contribution in [1.29, 1.82) is 0 Å². The average Bonchev–Trinajstić information content (AvgIpc) is 2.73. The lowest BCUT2D eigenvalue weighted by Gasteiger charge is -2.37. The molecule has 0 atom stereocenters. The highest BCUT2D eigenvalue weighted by atomic mass is 15.3. The molecule has 0 bridgehead atoms. The first kappa shape index (κ1) is 19.6. The molecule has 1 aliphatic heterocycles. The van der Waals surface area contributed by atoms with Crippen molar-refractivity contribution in [1.82, 2.24) is 4.90 Å². The summed E-state index contributed by atoms with van der Waals surface area (Å²) in [5, 5.41) is 0. The Balaban J connectivity index is 1.61. The van der Waals surface area contributed by atoms with Crippen molar-refractivity contribution in [3.05, 3.63) is 65.7 Å². The third-order valence-electron chi connectivity index (χ3n) is 5.37. The maximum atomic E-state index is 4.91. The summed E-state index contributed by atoms with van der Waals surface area (Å²) in [5.74, 6) is 0.